The highest BCUT2D eigenvalue weighted by Gasteiger charge is 2.02. The third-order valence-electron chi connectivity index (χ3n) is 4.82. The van der Waals surface area contributed by atoms with Gasteiger partial charge in [0.25, 0.3) is 0 Å². The smallest absolute Gasteiger partial charge is 0.126 e. The van der Waals surface area contributed by atoms with Gasteiger partial charge in [0.15, 0.2) is 0 Å². The lowest BCUT2D eigenvalue weighted by molar-refractivity contribution is 0.619. The fraction of sp³-hybridized carbons (Fsp3) is 0.185. The van der Waals surface area contributed by atoms with Crippen molar-refractivity contribution in [3.05, 3.63) is 107 Å². The minimum atomic E-state index is -0.175. The average Bonchev–Trinajstić information content (AvgIpc) is 2.73. The van der Waals surface area contributed by atoms with E-state index in [0.29, 0.717) is 5.56 Å². The van der Waals surface area contributed by atoms with Gasteiger partial charge in [-0.3, -0.25) is 0 Å². The first kappa shape index (κ1) is 19.6. The zero-order valence-corrected chi connectivity index (χ0v) is 16.3. The van der Waals surface area contributed by atoms with Crippen LogP contribution in [0.5, 0.6) is 0 Å². The van der Waals surface area contributed by atoms with Crippen molar-refractivity contribution >= 4 is 0 Å². The van der Waals surface area contributed by atoms with Gasteiger partial charge in [-0.05, 0) is 85.2 Å². The molecule has 3 aromatic carbocycles. The van der Waals surface area contributed by atoms with Crippen LogP contribution in [0.3, 0.4) is 0 Å². The Hall–Kier alpha value is -3.11. The highest BCUT2D eigenvalue weighted by Crippen LogP contribution is 2.22. The van der Waals surface area contributed by atoms with Crippen LogP contribution in [0.4, 0.5) is 4.39 Å². The summed E-state index contributed by atoms with van der Waals surface area (Å²) in [6, 6.07) is 21.7. The van der Waals surface area contributed by atoms with Crippen LogP contribution in [-0.2, 0) is 6.42 Å². The van der Waals surface area contributed by atoms with E-state index in [1.807, 2.05) is 42.5 Å². The fourth-order valence-electron chi connectivity index (χ4n) is 3.04. The molecule has 0 aliphatic carbocycles. The van der Waals surface area contributed by atoms with Gasteiger partial charge in [-0.2, -0.15) is 0 Å². The van der Waals surface area contributed by atoms with Gasteiger partial charge in [0.2, 0.25) is 0 Å². The molecule has 0 heterocycles. The number of hydrogen-bond acceptors (Lipinski definition) is 0. The molecular weight excluding hydrogens is 343 g/mol. The van der Waals surface area contributed by atoms with E-state index in [2.05, 4.69) is 42.7 Å². The highest BCUT2D eigenvalue weighted by molar-refractivity contribution is 5.65. The van der Waals surface area contributed by atoms with E-state index in [4.69, 9.17) is 0 Å². The van der Waals surface area contributed by atoms with Crippen molar-refractivity contribution in [1.82, 2.24) is 0 Å². The molecule has 3 rings (SSSR count). The number of allylic oxidation sites excluding steroid dienone is 1. The van der Waals surface area contributed by atoms with Crippen molar-refractivity contribution in [2.75, 3.05) is 0 Å². The van der Waals surface area contributed by atoms with Crippen LogP contribution in [0, 0.1) is 24.6 Å². The maximum Gasteiger partial charge on any atom is 0.126 e. The van der Waals surface area contributed by atoms with Crippen LogP contribution < -0.4 is 0 Å². The molecular formula is C27H25F. The molecule has 0 fully saturated rings. The Morgan fingerprint density at radius 1 is 0.821 bits per heavy atom. The Bertz CT molecular complexity index is 983. The average molecular weight is 368 g/mol. The highest BCUT2D eigenvalue weighted by atomic mass is 19.1. The predicted octanol–water partition coefficient (Wildman–Crippen LogP) is 7.10. The predicted molar refractivity (Wildman–Crippen MR) is 117 cm³/mol. The van der Waals surface area contributed by atoms with Crippen LogP contribution >= 0.6 is 0 Å². The Kier molecular flexibility index (Phi) is 6.82. The zero-order valence-electron chi connectivity index (χ0n) is 16.3. The van der Waals surface area contributed by atoms with Gasteiger partial charge in [0.05, 0.1) is 0 Å². The van der Waals surface area contributed by atoms with Crippen LogP contribution in [-0.4, -0.2) is 0 Å². The molecule has 0 saturated carbocycles. The monoisotopic (exact) mass is 368 g/mol. The molecule has 0 nitrogen and oxygen atoms in total. The molecule has 0 unspecified atom stereocenters. The lowest BCUT2D eigenvalue weighted by Crippen LogP contribution is -1.86. The number of rotatable bonds is 6. The summed E-state index contributed by atoms with van der Waals surface area (Å²) in [5, 5.41) is 0. The summed E-state index contributed by atoms with van der Waals surface area (Å²) < 4.78 is 13.8. The molecule has 0 aliphatic heterocycles. The Morgan fingerprint density at radius 2 is 1.43 bits per heavy atom. The molecule has 0 aromatic heterocycles. The Labute approximate surface area is 167 Å². The first-order valence-electron chi connectivity index (χ1n) is 9.74. The lowest BCUT2D eigenvalue weighted by atomic mass is 10.0. The van der Waals surface area contributed by atoms with E-state index in [-0.39, 0.29) is 5.82 Å². The first-order chi connectivity index (χ1) is 13.7. The molecule has 0 bridgehead atoms. The van der Waals surface area contributed by atoms with Crippen LogP contribution in [0.15, 0.2) is 79.4 Å². The second-order valence-corrected chi connectivity index (χ2v) is 7.02. The molecule has 0 aliphatic rings. The molecule has 0 saturated heterocycles. The number of unbranched alkanes of at least 4 members (excludes halogenated alkanes) is 2. The van der Waals surface area contributed by atoms with Crippen LogP contribution in [0.1, 0.15) is 41.5 Å². The third kappa shape index (κ3) is 5.44. The van der Waals surface area contributed by atoms with Crippen LogP contribution in [0.2, 0.25) is 0 Å². The normalized spacial score (nSPS) is 10.2. The zero-order chi connectivity index (χ0) is 19.8. The quantitative estimate of drug-likeness (QED) is 0.247. The van der Waals surface area contributed by atoms with E-state index >= 15 is 0 Å². The molecule has 3 aromatic rings. The minimum absolute atomic E-state index is 0.175. The molecule has 28 heavy (non-hydrogen) atoms. The van der Waals surface area contributed by atoms with Crippen molar-refractivity contribution in [1.29, 1.82) is 0 Å². The summed E-state index contributed by atoms with van der Waals surface area (Å²) in [6.07, 6.45) is 6.54. The maximum atomic E-state index is 13.8. The van der Waals surface area contributed by atoms with E-state index in [9.17, 15) is 4.39 Å². The van der Waals surface area contributed by atoms with E-state index < -0.39 is 0 Å². The minimum Gasteiger partial charge on any atom is -0.207 e. The topological polar surface area (TPSA) is 0 Å². The molecule has 0 radical (unpaired) electrons. The van der Waals surface area contributed by atoms with Crippen LogP contribution in [0.25, 0.3) is 11.1 Å². The number of aryl methyl sites for hydroxylation is 2. The van der Waals surface area contributed by atoms with E-state index in [1.165, 1.54) is 18.4 Å². The number of benzene rings is 3. The summed E-state index contributed by atoms with van der Waals surface area (Å²) in [7, 11) is 0. The Morgan fingerprint density at radius 3 is 2.04 bits per heavy atom. The van der Waals surface area contributed by atoms with E-state index in [0.717, 1.165) is 35.1 Å². The molecule has 0 atom stereocenters. The van der Waals surface area contributed by atoms with Crippen molar-refractivity contribution in [2.24, 2.45) is 0 Å². The van der Waals surface area contributed by atoms with Gasteiger partial charge in [-0.1, -0.05) is 54.3 Å². The second kappa shape index (κ2) is 9.72. The summed E-state index contributed by atoms with van der Waals surface area (Å²) in [4.78, 5) is 0. The van der Waals surface area contributed by atoms with Gasteiger partial charge >= 0.3 is 0 Å². The van der Waals surface area contributed by atoms with Gasteiger partial charge in [0.1, 0.15) is 5.82 Å². The largest absolute Gasteiger partial charge is 0.207 e. The summed E-state index contributed by atoms with van der Waals surface area (Å²) >= 11 is 0. The SMILES string of the molecule is C=CCCCCc1ccc(C#Cc2ccc(-c3ccc(C)c(F)c3)cc2)cc1. The second-order valence-electron chi connectivity index (χ2n) is 7.02. The molecule has 1 heteroatoms. The number of hydrogen-bond donors (Lipinski definition) is 0. The summed E-state index contributed by atoms with van der Waals surface area (Å²) in [5.41, 5.74) is 5.85. The van der Waals surface area contributed by atoms with Crippen molar-refractivity contribution in [3.63, 3.8) is 0 Å². The van der Waals surface area contributed by atoms with Gasteiger partial charge in [-0.25, -0.2) is 4.39 Å². The van der Waals surface area contributed by atoms with E-state index in [1.54, 1.807) is 13.0 Å². The van der Waals surface area contributed by atoms with Crippen molar-refractivity contribution in [3.8, 4) is 23.0 Å². The van der Waals surface area contributed by atoms with Gasteiger partial charge in [0, 0.05) is 11.1 Å². The molecule has 0 amide bonds. The molecule has 0 spiro atoms. The van der Waals surface area contributed by atoms with Gasteiger partial charge in [-0.15, -0.1) is 6.58 Å². The molecule has 140 valence electrons. The van der Waals surface area contributed by atoms with Crippen molar-refractivity contribution < 1.29 is 4.39 Å². The maximum absolute atomic E-state index is 13.8. The fourth-order valence-corrected chi connectivity index (χ4v) is 3.04. The first-order valence-corrected chi connectivity index (χ1v) is 9.74. The van der Waals surface area contributed by atoms with Crippen molar-refractivity contribution in [2.45, 2.75) is 32.6 Å². The lowest BCUT2D eigenvalue weighted by Gasteiger charge is -2.04. The molecule has 0 N–H and O–H groups in total. The van der Waals surface area contributed by atoms with Gasteiger partial charge < -0.3 is 0 Å². The number of halogens is 1. The Balaban J connectivity index is 1.63. The summed E-state index contributed by atoms with van der Waals surface area (Å²) in [6.45, 7) is 5.53. The third-order valence-corrected chi connectivity index (χ3v) is 4.82. The summed E-state index contributed by atoms with van der Waals surface area (Å²) in [5.74, 6) is 6.25. The standard InChI is InChI=1S/C27H25F/c1-3-4-5-6-7-22-9-11-23(12-10-22)13-14-24-15-18-25(19-16-24)26-17-8-21(2)27(28)20-26/h3,8-12,15-20H,1,4-7H2,2H3.